The van der Waals surface area contributed by atoms with Gasteiger partial charge in [-0.1, -0.05) is 5.57 Å². The molecule has 0 aromatic rings. The summed E-state index contributed by atoms with van der Waals surface area (Å²) >= 11 is 0. The van der Waals surface area contributed by atoms with Gasteiger partial charge < -0.3 is 16.4 Å². The van der Waals surface area contributed by atoms with E-state index in [0.29, 0.717) is 6.04 Å². The zero-order valence-electron chi connectivity index (χ0n) is 7.51. The predicted octanol–water partition coefficient (Wildman–Crippen LogP) is 0.0504. The Morgan fingerprint density at radius 3 is 2.85 bits per heavy atom. The number of hydrogen-bond acceptors (Lipinski definition) is 3. The van der Waals surface area contributed by atoms with Gasteiger partial charge in [-0.3, -0.25) is 0 Å². The normalized spacial score (nSPS) is 26.1. The number of fused-ring (bicyclic) bond motifs is 1. The average molecular weight is 226 g/mol. The molecule has 2 heterocycles. The molecule has 5 heteroatoms. The molecule has 0 spiro atoms. The van der Waals surface area contributed by atoms with Gasteiger partial charge in [-0.25, -0.2) is 0 Å². The molecule has 0 aromatic heterocycles. The van der Waals surface area contributed by atoms with Gasteiger partial charge in [0.15, 0.2) is 0 Å². The molecule has 0 saturated carbocycles. The molecule has 3 nitrogen and oxygen atoms in total. The van der Waals surface area contributed by atoms with Crippen molar-refractivity contribution in [3.8, 4) is 0 Å². The van der Waals surface area contributed by atoms with Gasteiger partial charge in [-0.05, 0) is 18.5 Å². The summed E-state index contributed by atoms with van der Waals surface area (Å²) in [5.41, 5.74) is 8.64. The van der Waals surface area contributed by atoms with Crippen molar-refractivity contribution in [2.75, 3.05) is 26.2 Å². The van der Waals surface area contributed by atoms with E-state index in [1.165, 1.54) is 11.1 Å². The van der Waals surface area contributed by atoms with Crippen molar-refractivity contribution >= 4 is 24.8 Å². The van der Waals surface area contributed by atoms with E-state index < -0.39 is 0 Å². The van der Waals surface area contributed by atoms with Crippen LogP contribution in [0.15, 0.2) is 11.1 Å². The lowest BCUT2D eigenvalue weighted by molar-refractivity contribution is 0.562. The Labute approximate surface area is 91.3 Å². The van der Waals surface area contributed by atoms with Crippen LogP contribution in [0.5, 0.6) is 0 Å². The van der Waals surface area contributed by atoms with Crippen LogP contribution in [-0.2, 0) is 0 Å². The second-order valence-electron chi connectivity index (χ2n) is 3.22. The molecule has 0 bridgehead atoms. The van der Waals surface area contributed by atoms with Crippen molar-refractivity contribution < 1.29 is 0 Å². The van der Waals surface area contributed by atoms with E-state index in [2.05, 4.69) is 10.6 Å². The highest BCUT2D eigenvalue weighted by Gasteiger charge is 2.25. The maximum absolute atomic E-state index is 5.65. The summed E-state index contributed by atoms with van der Waals surface area (Å²) in [6, 6.07) is 0.585. The Kier molecular flexibility index (Phi) is 5.92. The minimum atomic E-state index is 0. The lowest BCUT2D eigenvalue weighted by Gasteiger charge is -2.23. The van der Waals surface area contributed by atoms with Crippen LogP contribution in [0.1, 0.15) is 6.42 Å². The smallest absolute Gasteiger partial charge is 0.0421 e. The summed E-state index contributed by atoms with van der Waals surface area (Å²) in [5, 5.41) is 6.82. The summed E-state index contributed by atoms with van der Waals surface area (Å²) in [4.78, 5) is 0. The van der Waals surface area contributed by atoms with Gasteiger partial charge in [0.05, 0.1) is 0 Å². The van der Waals surface area contributed by atoms with Gasteiger partial charge in [-0.15, -0.1) is 24.8 Å². The Bertz CT molecular complexity index is 194. The van der Waals surface area contributed by atoms with Crippen molar-refractivity contribution in [1.82, 2.24) is 10.6 Å². The first-order valence-electron chi connectivity index (χ1n) is 4.27. The van der Waals surface area contributed by atoms with Crippen LogP contribution >= 0.6 is 24.8 Å². The molecule has 0 amide bonds. The molecule has 4 N–H and O–H groups in total. The molecular formula is C8H17Cl2N3. The molecular weight excluding hydrogens is 209 g/mol. The maximum Gasteiger partial charge on any atom is 0.0421 e. The summed E-state index contributed by atoms with van der Waals surface area (Å²) in [5.74, 6) is 0. The van der Waals surface area contributed by atoms with Gasteiger partial charge in [0, 0.05) is 25.7 Å². The molecule has 1 atom stereocenters. The second-order valence-corrected chi connectivity index (χ2v) is 3.22. The van der Waals surface area contributed by atoms with E-state index in [9.17, 15) is 0 Å². The summed E-state index contributed by atoms with van der Waals surface area (Å²) < 4.78 is 0. The third-order valence-corrected chi connectivity index (χ3v) is 2.60. The lowest BCUT2D eigenvalue weighted by atomic mass is 9.97. The minimum absolute atomic E-state index is 0. The molecule has 1 unspecified atom stereocenters. The number of rotatable bonds is 1. The monoisotopic (exact) mass is 225 g/mol. The molecule has 1 saturated heterocycles. The van der Waals surface area contributed by atoms with Crippen molar-refractivity contribution in [3.63, 3.8) is 0 Å². The van der Waals surface area contributed by atoms with Crippen LogP contribution in [-0.4, -0.2) is 32.2 Å². The van der Waals surface area contributed by atoms with Gasteiger partial charge in [-0.2, -0.15) is 0 Å². The summed E-state index contributed by atoms with van der Waals surface area (Å²) in [6.07, 6.45) is 1.14. The number of halogens is 2. The highest BCUT2D eigenvalue weighted by molar-refractivity contribution is 5.85. The van der Waals surface area contributed by atoms with E-state index in [0.717, 1.165) is 32.6 Å². The number of hydrogen-bond donors (Lipinski definition) is 3. The number of nitrogens with two attached hydrogens (primary N) is 1. The van der Waals surface area contributed by atoms with Gasteiger partial charge in [0.1, 0.15) is 0 Å². The van der Waals surface area contributed by atoms with E-state index in [-0.39, 0.29) is 24.8 Å². The highest BCUT2D eigenvalue weighted by Crippen LogP contribution is 2.18. The van der Waals surface area contributed by atoms with Crippen LogP contribution < -0.4 is 16.4 Å². The molecule has 0 aliphatic carbocycles. The second kappa shape index (κ2) is 5.83. The van der Waals surface area contributed by atoms with Crippen molar-refractivity contribution in [1.29, 1.82) is 0 Å². The number of nitrogens with one attached hydrogen (secondary N) is 2. The summed E-state index contributed by atoms with van der Waals surface area (Å²) in [7, 11) is 0. The molecule has 0 radical (unpaired) electrons. The molecule has 1 fully saturated rings. The Hall–Kier alpha value is 0.200. The first-order chi connectivity index (χ1) is 5.42. The van der Waals surface area contributed by atoms with Gasteiger partial charge >= 0.3 is 0 Å². The third-order valence-electron chi connectivity index (χ3n) is 2.60. The van der Waals surface area contributed by atoms with E-state index >= 15 is 0 Å². The molecule has 2 aliphatic heterocycles. The minimum Gasteiger partial charge on any atom is -0.327 e. The largest absolute Gasteiger partial charge is 0.327 e. The quantitative estimate of drug-likeness (QED) is 0.554. The summed E-state index contributed by atoms with van der Waals surface area (Å²) in [6.45, 7) is 3.97. The third kappa shape index (κ3) is 2.58. The molecule has 2 aliphatic rings. The van der Waals surface area contributed by atoms with Gasteiger partial charge in [0.2, 0.25) is 0 Å². The first-order valence-corrected chi connectivity index (χ1v) is 4.27. The van der Waals surface area contributed by atoms with Crippen molar-refractivity contribution in [2.24, 2.45) is 5.73 Å². The highest BCUT2D eigenvalue weighted by atomic mass is 35.5. The maximum atomic E-state index is 5.65. The average Bonchev–Trinajstić information content (AvgIpc) is 2.50. The fourth-order valence-electron chi connectivity index (χ4n) is 1.96. The van der Waals surface area contributed by atoms with E-state index in [1.54, 1.807) is 0 Å². The molecule has 0 aromatic carbocycles. The lowest BCUT2D eigenvalue weighted by Crippen LogP contribution is -2.37. The standard InChI is InChI=1S/C8H15N3.2ClH/c9-3-6-1-2-11-8-5-10-4-7(6)8;;/h8,10-11H,1-5,9H2;2*1H. The Morgan fingerprint density at radius 1 is 1.38 bits per heavy atom. The first kappa shape index (κ1) is 13.2. The Morgan fingerprint density at radius 2 is 2.15 bits per heavy atom. The molecule has 13 heavy (non-hydrogen) atoms. The van der Waals surface area contributed by atoms with Crippen LogP contribution in [0, 0.1) is 0 Å². The Balaban J connectivity index is 0.000000720. The topological polar surface area (TPSA) is 50.1 Å². The molecule has 2 rings (SSSR count). The van der Waals surface area contributed by atoms with Crippen LogP contribution in [0.4, 0.5) is 0 Å². The van der Waals surface area contributed by atoms with Crippen LogP contribution in [0.2, 0.25) is 0 Å². The zero-order chi connectivity index (χ0) is 7.68. The fraction of sp³-hybridized carbons (Fsp3) is 0.750. The van der Waals surface area contributed by atoms with Crippen LogP contribution in [0.3, 0.4) is 0 Å². The SMILES string of the molecule is Cl.Cl.NCC1=C2CNCC2NCC1. The van der Waals surface area contributed by atoms with E-state index in [1.807, 2.05) is 0 Å². The van der Waals surface area contributed by atoms with Crippen molar-refractivity contribution in [2.45, 2.75) is 12.5 Å². The predicted molar refractivity (Wildman–Crippen MR) is 59.9 cm³/mol. The zero-order valence-corrected chi connectivity index (χ0v) is 9.14. The molecule has 78 valence electrons. The van der Waals surface area contributed by atoms with Gasteiger partial charge in [0.25, 0.3) is 0 Å². The van der Waals surface area contributed by atoms with Crippen LogP contribution in [0.25, 0.3) is 0 Å². The van der Waals surface area contributed by atoms with Crippen molar-refractivity contribution in [3.05, 3.63) is 11.1 Å². The van der Waals surface area contributed by atoms with E-state index in [4.69, 9.17) is 5.73 Å². The fourth-order valence-corrected chi connectivity index (χ4v) is 1.96.